The highest BCUT2D eigenvalue weighted by molar-refractivity contribution is 7.98. The van der Waals surface area contributed by atoms with E-state index in [0.29, 0.717) is 11.3 Å². The molecule has 3 N–H and O–H groups in total. The van der Waals surface area contributed by atoms with Crippen LogP contribution in [-0.4, -0.2) is 29.7 Å². The van der Waals surface area contributed by atoms with E-state index in [4.69, 9.17) is 0 Å². The molecule has 6 heteroatoms. The summed E-state index contributed by atoms with van der Waals surface area (Å²) >= 11 is 1.48. The highest BCUT2D eigenvalue weighted by Crippen LogP contribution is 2.26. The van der Waals surface area contributed by atoms with Gasteiger partial charge in [-0.2, -0.15) is 0 Å². The van der Waals surface area contributed by atoms with Crippen molar-refractivity contribution in [2.45, 2.75) is 17.4 Å². The summed E-state index contributed by atoms with van der Waals surface area (Å²) in [4.78, 5) is 25.3. The van der Waals surface area contributed by atoms with E-state index in [2.05, 4.69) is 10.6 Å². The fourth-order valence-corrected chi connectivity index (χ4v) is 3.57. The molecule has 0 fully saturated rings. The van der Waals surface area contributed by atoms with Gasteiger partial charge in [0.15, 0.2) is 0 Å². The number of rotatable bonds is 6. The molecule has 3 aromatic rings. The summed E-state index contributed by atoms with van der Waals surface area (Å²) in [6.45, 7) is 1.51. The molecule has 3 rings (SSSR count). The van der Waals surface area contributed by atoms with Gasteiger partial charge in [-0.05, 0) is 42.0 Å². The molecule has 0 saturated carbocycles. The third-order valence-corrected chi connectivity index (χ3v) is 5.56. The number of hydrogen-bond acceptors (Lipinski definition) is 4. The Balaban J connectivity index is 1.61. The van der Waals surface area contributed by atoms with Gasteiger partial charge >= 0.3 is 11.8 Å². The van der Waals surface area contributed by atoms with Crippen molar-refractivity contribution in [3.05, 3.63) is 84.4 Å². The number of carbonyl (C=O) groups is 2. The highest BCUT2D eigenvalue weighted by atomic mass is 32.2. The average molecular weight is 421 g/mol. The van der Waals surface area contributed by atoms with Gasteiger partial charge in [0.1, 0.15) is 5.60 Å². The highest BCUT2D eigenvalue weighted by Gasteiger charge is 2.25. The zero-order valence-corrected chi connectivity index (χ0v) is 17.7. The minimum absolute atomic E-state index is 0.0892. The van der Waals surface area contributed by atoms with Gasteiger partial charge in [-0.3, -0.25) is 9.59 Å². The summed E-state index contributed by atoms with van der Waals surface area (Å²) in [6.07, 6.45) is 1.89. The molecule has 0 aliphatic rings. The first kappa shape index (κ1) is 21.6. The van der Waals surface area contributed by atoms with Crippen molar-refractivity contribution < 1.29 is 14.7 Å². The molecule has 0 aliphatic carbocycles. The molecule has 30 heavy (non-hydrogen) atoms. The van der Waals surface area contributed by atoms with E-state index >= 15 is 0 Å². The number of hydrogen-bond donors (Lipinski definition) is 3. The summed E-state index contributed by atoms with van der Waals surface area (Å²) in [6, 6.07) is 24.7. The van der Waals surface area contributed by atoms with Crippen LogP contribution in [0.2, 0.25) is 0 Å². The molecule has 1 unspecified atom stereocenters. The SMILES string of the molecule is CSc1ccccc1NC(=O)C(=O)NCC(C)(O)c1ccc(-c2ccccc2)cc1. The smallest absolute Gasteiger partial charge is 0.313 e. The Morgan fingerprint density at radius 1 is 0.867 bits per heavy atom. The van der Waals surface area contributed by atoms with E-state index in [0.717, 1.165) is 16.0 Å². The fourth-order valence-electron chi connectivity index (χ4n) is 3.01. The second-order valence-electron chi connectivity index (χ2n) is 7.05. The Bertz CT molecular complexity index is 1020. The zero-order valence-electron chi connectivity index (χ0n) is 16.9. The molecule has 0 aromatic heterocycles. The van der Waals surface area contributed by atoms with Gasteiger partial charge in [0.2, 0.25) is 0 Å². The third-order valence-electron chi connectivity index (χ3n) is 4.77. The number of nitrogens with one attached hydrogen (secondary N) is 2. The van der Waals surface area contributed by atoms with E-state index in [1.165, 1.54) is 11.8 Å². The minimum atomic E-state index is -1.32. The molecule has 0 aliphatic heterocycles. The number of anilines is 1. The predicted octanol–water partition coefficient (Wildman–Crippen LogP) is 4.04. The van der Waals surface area contributed by atoms with Crippen LogP contribution < -0.4 is 10.6 Å². The van der Waals surface area contributed by atoms with Crippen molar-refractivity contribution in [3.63, 3.8) is 0 Å². The summed E-state index contributed by atoms with van der Waals surface area (Å²) in [5.41, 5.74) is 2.02. The maximum Gasteiger partial charge on any atom is 0.313 e. The van der Waals surface area contributed by atoms with Crippen LogP contribution in [0.3, 0.4) is 0 Å². The van der Waals surface area contributed by atoms with E-state index < -0.39 is 17.4 Å². The molecule has 0 saturated heterocycles. The normalized spacial score (nSPS) is 12.6. The van der Waals surface area contributed by atoms with Crippen molar-refractivity contribution in [1.82, 2.24) is 5.32 Å². The van der Waals surface area contributed by atoms with Crippen LogP contribution in [0, 0.1) is 0 Å². The Morgan fingerprint density at radius 2 is 1.47 bits per heavy atom. The maximum atomic E-state index is 12.2. The van der Waals surface area contributed by atoms with Crippen LogP contribution in [0.25, 0.3) is 11.1 Å². The Labute approximate surface area is 180 Å². The third kappa shape index (κ3) is 5.28. The molecule has 1 atom stereocenters. The largest absolute Gasteiger partial charge is 0.384 e. The van der Waals surface area contributed by atoms with E-state index in [1.54, 1.807) is 19.1 Å². The number of para-hydroxylation sites is 1. The van der Waals surface area contributed by atoms with Gasteiger partial charge in [0, 0.05) is 4.90 Å². The summed E-state index contributed by atoms with van der Waals surface area (Å²) < 4.78 is 0. The summed E-state index contributed by atoms with van der Waals surface area (Å²) in [5, 5.41) is 15.9. The number of aliphatic hydroxyl groups is 1. The number of carbonyl (C=O) groups excluding carboxylic acids is 2. The van der Waals surface area contributed by atoms with E-state index in [-0.39, 0.29) is 6.54 Å². The molecule has 0 spiro atoms. The molecular weight excluding hydrogens is 396 g/mol. The molecule has 3 aromatic carbocycles. The van der Waals surface area contributed by atoms with Gasteiger partial charge in [-0.15, -0.1) is 11.8 Å². The second kappa shape index (κ2) is 9.61. The Hall–Kier alpha value is -3.09. The molecule has 154 valence electrons. The van der Waals surface area contributed by atoms with Crippen LogP contribution in [0.15, 0.2) is 83.8 Å². The molecule has 0 radical (unpaired) electrons. The Kier molecular flexibility index (Phi) is 6.92. The second-order valence-corrected chi connectivity index (χ2v) is 7.90. The number of thioether (sulfide) groups is 1. The fraction of sp³-hybridized carbons (Fsp3) is 0.167. The van der Waals surface area contributed by atoms with E-state index in [1.807, 2.05) is 73.0 Å². The van der Waals surface area contributed by atoms with Crippen LogP contribution in [0.5, 0.6) is 0 Å². The lowest BCUT2D eigenvalue weighted by Gasteiger charge is -2.24. The standard InChI is InChI=1S/C24H24N2O3S/c1-24(29,19-14-12-18(13-15-19)17-8-4-3-5-9-17)16-25-22(27)23(28)26-20-10-6-7-11-21(20)30-2/h3-15,29H,16H2,1-2H3,(H,25,27)(H,26,28). The molecule has 0 bridgehead atoms. The molecular formula is C24H24N2O3S. The van der Waals surface area contributed by atoms with Gasteiger partial charge in [0.05, 0.1) is 12.2 Å². The first-order valence-electron chi connectivity index (χ1n) is 9.51. The van der Waals surface area contributed by atoms with Crippen molar-refractivity contribution in [1.29, 1.82) is 0 Å². The van der Waals surface area contributed by atoms with Crippen molar-refractivity contribution >= 4 is 29.3 Å². The Morgan fingerprint density at radius 3 is 2.13 bits per heavy atom. The molecule has 5 nitrogen and oxygen atoms in total. The van der Waals surface area contributed by atoms with Crippen molar-refractivity contribution in [2.75, 3.05) is 18.1 Å². The minimum Gasteiger partial charge on any atom is -0.384 e. The quantitative estimate of drug-likeness (QED) is 0.415. The zero-order chi connectivity index (χ0) is 21.6. The first-order valence-corrected chi connectivity index (χ1v) is 10.7. The number of amides is 2. The first-order chi connectivity index (χ1) is 14.4. The van der Waals surface area contributed by atoms with Crippen molar-refractivity contribution in [3.8, 4) is 11.1 Å². The lowest BCUT2D eigenvalue weighted by molar-refractivity contribution is -0.136. The predicted molar refractivity (Wildman–Crippen MR) is 121 cm³/mol. The topological polar surface area (TPSA) is 78.4 Å². The lowest BCUT2D eigenvalue weighted by Crippen LogP contribution is -2.43. The molecule has 0 heterocycles. The van der Waals surface area contributed by atoms with Crippen LogP contribution >= 0.6 is 11.8 Å². The van der Waals surface area contributed by atoms with Gasteiger partial charge in [-0.25, -0.2) is 0 Å². The van der Waals surface area contributed by atoms with Gasteiger partial charge in [0.25, 0.3) is 0 Å². The van der Waals surface area contributed by atoms with Gasteiger partial charge in [-0.1, -0.05) is 66.7 Å². The summed E-state index contributed by atoms with van der Waals surface area (Å²) in [7, 11) is 0. The maximum absolute atomic E-state index is 12.2. The summed E-state index contributed by atoms with van der Waals surface area (Å²) in [5.74, 6) is -1.57. The van der Waals surface area contributed by atoms with Crippen LogP contribution in [0.4, 0.5) is 5.69 Å². The van der Waals surface area contributed by atoms with Crippen LogP contribution in [-0.2, 0) is 15.2 Å². The number of benzene rings is 3. The lowest BCUT2D eigenvalue weighted by atomic mass is 9.93. The molecule has 2 amide bonds. The average Bonchev–Trinajstić information content (AvgIpc) is 2.78. The van der Waals surface area contributed by atoms with Gasteiger partial charge < -0.3 is 15.7 Å². The monoisotopic (exact) mass is 420 g/mol. The van der Waals surface area contributed by atoms with Crippen LogP contribution in [0.1, 0.15) is 12.5 Å². The van der Waals surface area contributed by atoms with Crippen molar-refractivity contribution in [2.24, 2.45) is 0 Å². The van der Waals surface area contributed by atoms with E-state index in [9.17, 15) is 14.7 Å².